The molecule has 0 amide bonds. The van der Waals surface area contributed by atoms with Gasteiger partial charge in [-0.1, -0.05) is 23.7 Å². The second-order valence-corrected chi connectivity index (χ2v) is 4.19. The standard InChI is InChI=1S/C9H8ClN3OS/c10-7-3-1-2-6(4-14)8(7)15-9-11-5-12-13-9/h1-3,5,14H,4H2,(H,11,12,13). The number of rotatable bonds is 3. The Balaban J connectivity index is 2.34. The van der Waals surface area contributed by atoms with E-state index in [0.29, 0.717) is 10.2 Å². The molecule has 1 heterocycles. The van der Waals surface area contributed by atoms with Gasteiger partial charge in [0.05, 0.1) is 11.6 Å². The highest BCUT2D eigenvalue weighted by molar-refractivity contribution is 7.99. The molecule has 6 heteroatoms. The number of hydrogen-bond acceptors (Lipinski definition) is 4. The minimum atomic E-state index is -0.0446. The minimum Gasteiger partial charge on any atom is -0.392 e. The second kappa shape index (κ2) is 4.65. The number of H-pyrrole nitrogens is 1. The zero-order valence-corrected chi connectivity index (χ0v) is 9.22. The molecule has 0 aliphatic rings. The molecular formula is C9H8ClN3OS. The molecule has 0 saturated carbocycles. The Kier molecular flexibility index (Phi) is 3.25. The number of aliphatic hydroxyl groups excluding tert-OH is 1. The van der Waals surface area contributed by atoms with Gasteiger partial charge in [0.15, 0.2) is 5.16 Å². The van der Waals surface area contributed by atoms with E-state index in [1.54, 1.807) is 12.1 Å². The maximum atomic E-state index is 9.15. The molecule has 0 saturated heterocycles. The highest BCUT2D eigenvalue weighted by atomic mass is 35.5. The van der Waals surface area contributed by atoms with Crippen molar-refractivity contribution in [1.82, 2.24) is 15.2 Å². The molecule has 78 valence electrons. The van der Waals surface area contributed by atoms with Crippen LogP contribution in [-0.4, -0.2) is 20.3 Å². The summed E-state index contributed by atoms with van der Waals surface area (Å²) in [6.07, 6.45) is 1.43. The van der Waals surface area contributed by atoms with Gasteiger partial charge in [-0.2, -0.15) is 5.10 Å². The fourth-order valence-corrected chi connectivity index (χ4v) is 2.26. The predicted molar refractivity (Wildman–Crippen MR) is 57.9 cm³/mol. The molecule has 2 rings (SSSR count). The van der Waals surface area contributed by atoms with Gasteiger partial charge in [-0.15, -0.1) is 0 Å². The van der Waals surface area contributed by atoms with Gasteiger partial charge in [-0.25, -0.2) is 4.98 Å². The third-order valence-electron chi connectivity index (χ3n) is 1.81. The molecular weight excluding hydrogens is 234 g/mol. The normalized spacial score (nSPS) is 10.5. The van der Waals surface area contributed by atoms with Crippen molar-refractivity contribution in [1.29, 1.82) is 0 Å². The van der Waals surface area contributed by atoms with Crippen molar-refractivity contribution in [3.8, 4) is 0 Å². The Hall–Kier alpha value is -1.04. The molecule has 4 nitrogen and oxygen atoms in total. The molecule has 1 aromatic carbocycles. The number of aromatic amines is 1. The molecule has 0 unspecified atom stereocenters. The van der Waals surface area contributed by atoms with Crippen LogP contribution in [0, 0.1) is 0 Å². The van der Waals surface area contributed by atoms with Crippen molar-refractivity contribution in [3.05, 3.63) is 35.1 Å². The molecule has 0 bridgehead atoms. The summed E-state index contributed by atoms with van der Waals surface area (Å²) in [5.41, 5.74) is 0.781. The van der Waals surface area contributed by atoms with Gasteiger partial charge < -0.3 is 5.11 Å². The lowest BCUT2D eigenvalue weighted by atomic mass is 10.2. The third-order valence-corrected chi connectivity index (χ3v) is 3.31. The van der Waals surface area contributed by atoms with E-state index >= 15 is 0 Å². The summed E-state index contributed by atoms with van der Waals surface area (Å²) in [6, 6.07) is 5.41. The van der Waals surface area contributed by atoms with Gasteiger partial charge in [0.2, 0.25) is 0 Å². The summed E-state index contributed by atoms with van der Waals surface area (Å²) >= 11 is 7.38. The Bertz CT molecular complexity index is 447. The lowest BCUT2D eigenvalue weighted by molar-refractivity contribution is 0.279. The Labute approximate surface area is 95.7 Å². The van der Waals surface area contributed by atoms with Crippen molar-refractivity contribution in [2.24, 2.45) is 0 Å². The largest absolute Gasteiger partial charge is 0.392 e. The number of aliphatic hydroxyl groups is 1. The zero-order chi connectivity index (χ0) is 10.7. The molecule has 0 aliphatic heterocycles. The zero-order valence-electron chi connectivity index (χ0n) is 7.64. The van der Waals surface area contributed by atoms with E-state index in [0.717, 1.165) is 10.5 Å². The fourth-order valence-electron chi connectivity index (χ4n) is 1.13. The lowest BCUT2D eigenvalue weighted by Gasteiger charge is -2.06. The van der Waals surface area contributed by atoms with Crippen LogP contribution >= 0.6 is 23.4 Å². The van der Waals surface area contributed by atoms with Gasteiger partial charge >= 0.3 is 0 Å². The van der Waals surface area contributed by atoms with E-state index in [9.17, 15) is 0 Å². The van der Waals surface area contributed by atoms with Crippen molar-refractivity contribution in [3.63, 3.8) is 0 Å². The number of hydrogen-bond donors (Lipinski definition) is 2. The summed E-state index contributed by atoms with van der Waals surface area (Å²) in [6.45, 7) is -0.0446. The number of aromatic nitrogens is 3. The Morgan fingerprint density at radius 3 is 3.00 bits per heavy atom. The molecule has 0 atom stereocenters. The van der Waals surface area contributed by atoms with Crippen LogP contribution in [0.4, 0.5) is 0 Å². The predicted octanol–water partition coefficient (Wildman–Crippen LogP) is 2.10. The minimum absolute atomic E-state index is 0.0446. The Morgan fingerprint density at radius 1 is 1.47 bits per heavy atom. The monoisotopic (exact) mass is 241 g/mol. The molecule has 15 heavy (non-hydrogen) atoms. The molecule has 2 aromatic rings. The first kappa shape index (κ1) is 10.5. The Morgan fingerprint density at radius 2 is 2.33 bits per heavy atom. The van der Waals surface area contributed by atoms with Crippen LogP contribution in [-0.2, 0) is 6.61 Å². The average molecular weight is 242 g/mol. The van der Waals surface area contributed by atoms with Crippen LogP contribution in [0.3, 0.4) is 0 Å². The summed E-state index contributed by atoms with van der Waals surface area (Å²) in [7, 11) is 0. The van der Waals surface area contributed by atoms with Gasteiger partial charge in [-0.3, -0.25) is 5.10 Å². The fraction of sp³-hybridized carbons (Fsp3) is 0.111. The van der Waals surface area contributed by atoms with Crippen LogP contribution in [0.15, 0.2) is 34.6 Å². The van der Waals surface area contributed by atoms with Gasteiger partial charge in [-0.05, 0) is 23.4 Å². The van der Waals surface area contributed by atoms with Crippen LogP contribution < -0.4 is 0 Å². The summed E-state index contributed by atoms with van der Waals surface area (Å²) in [5, 5.41) is 16.9. The number of benzene rings is 1. The van der Waals surface area contributed by atoms with Crippen molar-refractivity contribution in [2.75, 3.05) is 0 Å². The average Bonchev–Trinajstić information content (AvgIpc) is 2.74. The molecule has 0 fully saturated rings. The number of halogens is 1. The lowest BCUT2D eigenvalue weighted by Crippen LogP contribution is -1.88. The van der Waals surface area contributed by atoms with E-state index in [1.165, 1.54) is 18.1 Å². The van der Waals surface area contributed by atoms with Gasteiger partial charge in [0.1, 0.15) is 6.33 Å². The first-order valence-corrected chi connectivity index (χ1v) is 5.42. The molecule has 0 radical (unpaired) electrons. The van der Waals surface area contributed by atoms with Gasteiger partial charge in [0.25, 0.3) is 0 Å². The SMILES string of the molecule is OCc1cccc(Cl)c1Sc1ncn[nH]1. The molecule has 1 aromatic heterocycles. The van der Waals surface area contributed by atoms with E-state index in [2.05, 4.69) is 15.2 Å². The van der Waals surface area contributed by atoms with E-state index in [1.807, 2.05) is 6.07 Å². The van der Waals surface area contributed by atoms with Gasteiger partial charge in [0, 0.05) is 4.90 Å². The maximum Gasteiger partial charge on any atom is 0.188 e. The molecule has 2 N–H and O–H groups in total. The number of nitrogens with zero attached hydrogens (tertiary/aromatic N) is 2. The van der Waals surface area contributed by atoms with E-state index < -0.39 is 0 Å². The second-order valence-electron chi connectivity index (χ2n) is 2.78. The van der Waals surface area contributed by atoms with E-state index in [4.69, 9.17) is 16.7 Å². The third kappa shape index (κ3) is 2.31. The summed E-state index contributed by atoms with van der Waals surface area (Å²) < 4.78 is 0. The van der Waals surface area contributed by atoms with Crippen molar-refractivity contribution < 1.29 is 5.11 Å². The summed E-state index contributed by atoms with van der Waals surface area (Å²) in [5.74, 6) is 0. The topological polar surface area (TPSA) is 61.8 Å². The highest BCUT2D eigenvalue weighted by Crippen LogP contribution is 2.33. The van der Waals surface area contributed by atoms with Crippen LogP contribution in [0.5, 0.6) is 0 Å². The first-order chi connectivity index (χ1) is 7.31. The van der Waals surface area contributed by atoms with Crippen molar-refractivity contribution >= 4 is 23.4 Å². The number of nitrogens with one attached hydrogen (secondary N) is 1. The maximum absolute atomic E-state index is 9.15. The molecule has 0 aliphatic carbocycles. The van der Waals surface area contributed by atoms with Crippen LogP contribution in [0.2, 0.25) is 5.02 Å². The van der Waals surface area contributed by atoms with Crippen molar-refractivity contribution in [2.45, 2.75) is 16.7 Å². The highest BCUT2D eigenvalue weighted by Gasteiger charge is 2.09. The quantitative estimate of drug-likeness (QED) is 0.864. The smallest absolute Gasteiger partial charge is 0.188 e. The summed E-state index contributed by atoms with van der Waals surface area (Å²) in [4.78, 5) is 4.79. The molecule has 0 spiro atoms. The van der Waals surface area contributed by atoms with Crippen LogP contribution in [0.25, 0.3) is 0 Å². The first-order valence-electron chi connectivity index (χ1n) is 4.22. The van der Waals surface area contributed by atoms with Crippen LogP contribution in [0.1, 0.15) is 5.56 Å². The van der Waals surface area contributed by atoms with E-state index in [-0.39, 0.29) is 6.61 Å².